The third-order valence-electron chi connectivity index (χ3n) is 4.65. The number of aromatic nitrogens is 6. The van der Waals surface area contributed by atoms with Crippen LogP contribution in [0.1, 0.15) is 32.2 Å². The van der Waals surface area contributed by atoms with Crippen LogP contribution in [0.4, 0.5) is 14.7 Å². The van der Waals surface area contributed by atoms with Crippen LogP contribution in [0.25, 0.3) is 22.6 Å². The van der Waals surface area contributed by atoms with Crippen molar-refractivity contribution in [2.24, 2.45) is 0 Å². The first-order valence-electron chi connectivity index (χ1n) is 10.1. The van der Waals surface area contributed by atoms with E-state index < -0.39 is 11.6 Å². The topological polar surface area (TPSA) is 130 Å². The molecule has 2 N–H and O–H groups in total. The number of nitrogen functional groups attached to an aromatic ring is 1. The molecule has 0 amide bonds. The van der Waals surface area contributed by atoms with Crippen molar-refractivity contribution in [2.45, 2.75) is 32.7 Å². The van der Waals surface area contributed by atoms with Crippen molar-refractivity contribution < 1.29 is 18.4 Å². The number of hydrogen-bond acceptors (Lipinski definition) is 8. The molecule has 9 nitrogen and oxygen atoms in total. The van der Waals surface area contributed by atoms with E-state index in [2.05, 4.69) is 41.1 Å². The predicted molar refractivity (Wildman–Crippen MR) is 118 cm³/mol. The van der Waals surface area contributed by atoms with Crippen molar-refractivity contribution >= 4 is 12.1 Å². The summed E-state index contributed by atoms with van der Waals surface area (Å²) in [5.74, 6) is -1.27. The van der Waals surface area contributed by atoms with E-state index in [1.54, 1.807) is 10.9 Å². The Morgan fingerprint density at radius 2 is 1.68 bits per heavy atom. The van der Waals surface area contributed by atoms with Crippen LogP contribution in [0.3, 0.4) is 0 Å². The fourth-order valence-corrected chi connectivity index (χ4v) is 3.07. The van der Waals surface area contributed by atoms with Gasteiger partial charge in [-0.05, 0) is 36.4 Å². The Morgan fingerprint density at radius 3 is 2.38 bits per heavy atom. The summed E-state index contributed by atoms with van der Waals surface area (Å²) in [6.07, 6.45) is 1.94. The molecule has 4 rings (SSSR count). The van der Waals surface area contributed by atoms with Gasteiger partial charge in [-0.2, -0.15) is 9.59 Å². The summed E-state index contributed by atoms with van der Waals surface area (Å²) in [6.45, 7) is 6.73. The molecule has 174 valence electrons. The average molecular weight is 465 g/mol. The lowest BCUT2D eigenvalue weighted by molar-refractivity contribution is -0.191. The molecule has 0 radical (unpaired) electrons. The van der Waals surface area contributed by atoms with Gasteiger partial charge in [0.2, 0.25) is 5.95 Å². The lowest BCUT2D eigenvalue weighted by Crippen LogP contribution is -2.15. The fourth-order valence-electron chi connectivity index (χ4n) is 3.07. The summed E-state index contributed by atoms with van der Waals surface area (Å²) in [4.78, 5) is 29.1. The molecule has 1 aromatic carbocycles. The zero-order valence-corrected chi connectivity index (χ0v) is 18.7. The van der Waals surface area contributed by atoms with Crippen molar-refractivity contribution in [1.29, 1.82) is 0 Å². The highest BCUT2D eigenvalue weighted by Crippen LogP contribution is 2.26. The minimum Gasteiger partial charge on any atom is -0.368 e. The number of benzene rings is 1. The summed E-state index contributed by atoms with van der Waals surface area (Å²) in [6, 6.07) is 10.5. The van der Waals surface area contributed by atoms with Gasteiger partial charge in [-0.25, -0.2) is 23.4 Å². The molecule has 34 heavy (non-hydrogen) atoms. The maximum Gasteiger partial charge on any atom is 0.373 e. The Hall–Kier alpha value is -4.37. The van der Waals surface area contributed by atoms with E-state index in [9.17, 15) is 8.78 Å². The number of nitrogens with zero attached hydrogens (tertiary/aromatic N) is 6. The molecule has 0 aliphatic rings. The summed E-state index contributed by atoms with van der Waals surface area (Å²) in [5, 5.41) is 8.28. The first-order chi connectivity index (χ1) is 16.1. The maximum atomic E-state index is 14.2. The van der Waals surface area contributed by atoms with Crippen molar-refractivity contribution in [1.82, 2.24) is 29.9 Å². The van der Waals surface area contributed by atoms with Gasteiger partial charge in [0.05, 0.1) is 29.8 Å². The van der Waals surface area contributed by atoms with Gasteiger partial charge >= 0.3 is 6.15 Å². The van der Waals surface area contributed by atoms with E-state index in [0.717, 1.165) is 29.6 Å². The van der Waals surface area contributed by atoms with Gasteiger partial charge in [0.25, 0.3) is 0 Å². The van der Waals surface area contributed by atoms with Crippen LogP contribution in [0, 0.1) is 11.6 Å². The smallest absolute Gasteiger partial charge is 0.368 e. The monoisotopic (exact) mass is 465 g/mol. The third-order valence-corrected chi connectivity index (χ3v) is 4.65. The van der Waals surface area contributed by atoms with Crippen LogP contribution in [0.2, 0.25) is 0 Å². The standard InChI is InChI=1S/C22H21F2N7.CO2/c1-22(2,3)20-6-4-5-14(26-20)11-31-12-19(29-30-31)18-10-17(27-21(25)28-18)15-9-13(23)7-8-16(15)24;2-1-3/h4-10,12H,11H2,1-3H3,(H2,25,27,28);. The Morgan fingerprint density at radius 1 is 0.971 bits per heavy atom. The maximum absolute atomic E-state index is 14.2. The van der Waals surface area contributed by atoms with E-state index in [1.807, 2.05) is 18.2 Å². The molecule has 0 aliphatic heterocycles. The summed E-state index contributed by atoms with van der Waals surface area (Å²) >= 11 is 0. The van der Waals surface area contributed by atoms with E-state index in [0.29, 0.717) is 17.9 Å². The molecule has 11 heteroatoms. The molecule has 3 heterocycles. The zero-order valence-electron chi connectivity index (χ0n) is 18.7. The van der Waals surface area contributed by atoms with Gasteiger partial charge in [-0.3, -0.25) is 4.98 Å². The minimum atomic E-state index is -0.612. The summed E-state index contributed by atoms with van der Waals surface area (Å²) < 4.78 is 29.4. The highest BCUT2D eigenvalue weighted by atomic mass is 19.1. The van der Waals surface area contributed by atoms with E-state index in [4.69, 9.17) is 20.3 Å². The molecule has 0 unspecified atom stereocenters. The number of carbonyl (C=O) groups excluding carboxylic acids is 2. The highest BCUT2D eigenvalue weighted by molar-refractivity contribution is 5.67. The van der Waals surface area contributed by atoms with Gasteiger partial charge in [-0.1, -0.05) is 32.1 Å². The second-order valence-corrected chi connectivity index (χ2v) is 8.27. The second kappa shape index (κ2) is 10.1. The first-order valence-corrected chi connectivity index (χ1v) is 10.1. The van der Waals surface area contributed by atoms with Crippen LogP contribution in [0.5, 0.6) is 0 Å². The predicted octanol–water partition coefficient (Wildman–Crippen LogP) is 3.42. The van der Waals surface area contributed by atoms with E-state index in [-0.39, 0.29) is 28.8 Å². The normalized spacial score (nSPS) is 10.9. The third kappa shape index (κ3) is 5.90. The van der Waals surface area contributed by atoms with Crippen LogP contribution in [-0.2, 0) is 21.5 Å². The van der Waals surface area contributed by atoms with Gasteiger partial charge in [0, 0.05) is 16.7 Å². The lowest BCUT2D eigenvalue weighted by atomic mass is 9.91. The van der Waals surface area contributed by atoms with Crippen molar-refractivity contribution in [3.63, 3.8) is 0 Å². The average Bonchev–Trinajstić information content (AvgIpc) is 3.24. The number of nitrogens with two attached hydrogens (primary N) is 1. The number of pyridine rings is 1. The quantitative estimate of drug-likeness (QED) is 0.485. The summed E-state index contributed by atoms with van der Waals surface area (Å²) in [5.41, 5.74) is 8.50. The minimum absolute atomic E-state index is 0.00839. The van der Waals surface area contributed by atoms with E-state index >= 15 is 0 Å². The molecule has 0 saturated carbocycles. The van der Waals surface area contributed by atoms with E-state index in [1.165, 1.54) is 6.07 Å². The van der Waals surface area contributed by atoms with Gasteiger partial charge in [0.15, 0.2) is 0 Å². The number of anilines is 1. The Kier molecular flexibility index (Phi) is 7.18. The Balaban J connectivity index is 0.00000103. The molecule has 3 aromatic heterocycles. The van der Waals surface area contributed by atoms with Gasteiger partial charge < -0.3 is 5.73 Å². The Labute approximate surface area is 193 Å². The lowest BCUT2D eigenvalue weighted by Gasteiger charge is -2.18. The van der Waals surface area contributed by atoms with Crippen LogP contribution >= 0.6 is 0 Å². The fraction of sp³-hybridized carbons (Fsp3) is 0.217. The molecule has 4 aromatic rings. The molecular formula is C23H21F2N7O2. The van der Waals surface area contributed by atoms with Crippen molar-refractivity contribution in [3.8, 4) is 22.6 Å². The largest absolute Gasteiger partial charge is 0.373 e. The van der Waals surface area contributed by atoms with Crippen molar-refractivity contribution in [2.75, 3.05) is 5.73 Å². The van der Waals surface area contributed by atoms with Gasteiger partial charge in [0.1, 0.15) is 17.3 Å². The van der Waals surface area contributed by atoms with Crippen LogP contribution < -0.4 is 5.73 Å². The van der Waals surface area contributed by atoms with Crippen LogP contribution in [-0.4, -0.2) is 36.1 Å². The second-order valence-electron chi connectivity index (χ2n) is 8.27. The SMILES string of the molecule is CC(C)(C)c1cccc(Cn2cc(-c3cc(-c4cc(F)ccc4F)nc(N)n3)nn2)n1.O=C=O. The molecule has 0 fully saturated rings. The summed E-state index contributed by atoms with van der Waals surface area (Å²) in [7, 11) is 0. The van der Waals surface area contributed by atoms with Crippen LogP contribution in [0.15, 0.2) is 48.7 Å². The molecular weight excluding hydrogens is 444 g/mol. The number of hydrogen-bond donors (Lipinski definition) is 1. The van der Waals surface area contributed by atoms with Gasteiger partial charge in [-0.15, -0.1) is 5.10 Å². The molecule has 0 aliphatic carbocycles. The number of rotatable bonds is 4. The molecule has 0 atom stereocenters. The van der Waals surface area contributed by atoms with Crippen molar-refractivity contribution in [3.05, 3.63) is 71.7 Å². The zero-order chi connectivity index (χ0) is 24.9. The Bertz CT molecular complexity index is 1340. The first kappa shape index (κ1) is 24.3. The molecule has 0 bridgehead atoms. The number of halogens is 2. The molecule has 0 spiro atoms. The molecule has 0 saturated heterocycles. The highest BCUT2D eigenvalue weighted by Gasteiger charge is 2.17.